The van der Waals surface area contributed by atoms with E-state index in [1.54, 1.807) is 0 Å². The maximum atomic E-state index is 12.9. The van der Waals surface area contributed by atoms with E-state index < -0.39 is 5.54 Å². The summed E-state index contributed by atoms with van der Waals surface area (Å²) < 4.78 is 12.9. The number of carbonyl (C=O) groups is 1. The minimum atomic E-state index is -0.750. The maximum absolute atomic E-state index is 12.9. The van der Waals surface area contributed by atoms with Gasteiger partial charge in [-0.3, -0.25) is 4.79 Å². The van der Waals surface area contributed by atoms with Gasteiger partial charge >= 0.3 is 0 Å². The van der Waals surface area contributed by atoms with Crippen LogP contribution in [-0.4, -0.2) is 29.4 Å². The Morgan fingerprint density at radius 3 is 2.64 bits per heavy atom. The van der Waals surface area contributed by atoms with Crippen molar-refractivity contribution in [1.29, 1.82) is 0 Å². The maximum Gasteiger partial charge on any atom is 0.242 e. The van der Waals surface area contributed by atoms with E-state index in [4.69, 9.17) is 5.73 Å². The highest BCUT2D eigenvalue weighted by Crippen LogP contribution is 2.24. The zero-order chi connectivity index (χ0) is 15.5. The van der Waals surface area contributed by atoms with Crippen molar-refractivity contribution in [3.63, 3.8) is 0 Å². The molecule has 0 bridgehead atoms. The summed E-state index contributed by atoms with van der Waals surface area (Å²) in [6.45, 7) is 5.40. The van der Waals surface area contributed by atoms with Crippen LogP contribution in [0.1, 0.15) is 38.7 Å². The molecule has 0 saturated carbocycles. The predicted octanol–water partition coefficient (Wildman–Crippen LogP) is 3.16. The first kappa shape index (κ1) is 18.9. The summed E-state index contributed by atoms with van der Waals surface area (Å²) in [6, 6.07) is 6.63. The lowest BCUT2D eigenvalue weighted by molar-refractivity contribution is -0.135. The molecule has 2 rings (SSSR count). The largest absolute Gasteiger partial charge is 0.341 e. The van der Waals surface area contributed by atoms with Crippen molar-refractivity contribution in [3.05, 3.63) is 35.6 Å². The van der Waals surface area contributed by atoms with Gasteiger partial charge in [-0.05, 0) is 49.8 Å². The fourth-order valence-corrected chi connectivity index (χ4v) is 3.13. The monoisotopic (exact) mass is 328 g/mol. The Kier molecular flexibility index (Phi) is 6.82. The Morgan fingerprint density at radius 1 is 1.41 bits per heavy atom. The van der Waals surface area contributed by atoms with Gasteiger partial charge in [0.25, 0.3) is 0 Å². The molecule has 2 N–H and O–H groups in total. The summed E-state index contributed by atoms with van der Waals surface area (Å²) >= 11 is 0. The molecule has 2 atom stereocenters. The number of nitrogens with zero attached hydrogens (tertiary/aromatic N) is 1. The van der Waals surface area contributed by atoms with Crippen molar-refractivity contribution in [2.75, 3.05) is 13.1 Å². The zero-order valence-corrected chi connectivity index (χ0v) is 14.2. The van der Waals surface area contributed by atoms with E-state index in [0.717, 1.165) is 37.9 Å². The minimum Gasteiger partial charge on any atom is -0.341 e. The first-order valence-corrected chi connectivity index (χ1v) is 7.75. The molecule has 1 aromatic carbocycles. The van der Waals surface area contributed by atoms with Crippen LogP contribution in [0.3, 0.4) is 0 Å². The molecular weight excluding hydrogens is 303 g/mol. The highest BCUT2D eigenvalue weighted by Gasteiger charge is 2.35. The molecule has 5 heteroatoms. The normalized spacial score (nSPS) is 20.4. The number of benzene rings is 1. The SMILES string of the molecule is CCCC(C)(N)C(=O)N1CCC(Cc2ccc(F)cc2)C1.Cl. The van der Waals surface area contributed by atoms with Crippen molar-refractivity contribution in [2.24, 2.45) is 11.7 Å². The third-order valence-electron chi connectivity index (χ3n) is 4.27. The van der Waals surface area contributed by atoms with E-state index >= 15 is 0 Å². The summed E-state index contributed by atoms with van der Waals surface area (Å²) in [4.78, 5) is 14.3. The van der Waals surface area contributed by atoms with Gasteiger partial charge in [0.2, 0.25) is 5.91 Å². The molecule has 0 aliphatic carbocycles. The van der Waals surface area contributed by atoms with Crippen LogP contribution in [0, 0.1) is 11.7 Å². The van der Waals surface area contributed by atoms with E-state index in [2.05, 4.69) is 0 Å². The molecule has 1 aromatic rings. The second-order valence-corrected chi connectivity index (χ2v) is 6.40. The Bertz CT molecular complexity index is 490. The highest BCUT2D eigenvalue weighted by molar-refractivity contribution is 5.86. The molecule has 1 aliphatic heterocycles. The third-order valence-corrected chi connectivity index (χ3v) is 4.27. The molecule has 0 aromatic heterocycles. The molecule has 124 valence electrons. The van der Waals surface area contributed by atoms with Gasteiger partial charge in [0, 0.05) is 13.1 Å². The smallest absolute Gasteiger partial charge is 0.242 e. The minimum absolute atomic E-state index is 0. The number of rotatable bonds is 5. The molecule has 1 aliphatic rings. The van der Waals surface area contributed by atoms with E-state index in [-0.39, 0.29) is 24.1 Å². The van der Waals surface area contributed by atoms with Crippen molar-refractivity contribution in [1.82, 2.24) is 4.90 Å². The average Bonchev–Trinajstić information content (AvgIpc) is 2.89. The molecule has 22 heavy (non-hydrogen) atoms. The predicted molar refractivity (Wildman–Crippen MR) is 89.5 cm³/mol. The Labute approximate surface area is 138 Å². The first-order valence-electron chi connectivity index (χ1n) is 7.75. The zero-order valence-electron chi connectivity index (χ0n) is 13.3. The van der Waals surface area contributed by atoms with E-state index in [0.29, 0.717) is 12.3 Å². The number of amides is 1. The fourth-order valence-electron chi connectivity index (χ4n) is 3.13. The van der Waals surface area contributed by atoms with Crippen LogP contribution in [0.15, 0.2) is 24.3 Å². The van der Waals surface area contributed by atoms with Gasteiger partial charge in [-0.1, -0.05) is 25.5 Å². The summed E-state index contributed by atoms with van der Waals surface area (Å²) in [5.41, 5.74) is 6.51. The highest BCUT2D eigenvalue weighted by atomic mass is 35.5. The quantitative estimate of drug-likeness (QED) is 0.902. The lowest BCUT2D eigenvalue weighted by Crippen LogP contribution is -2.52. The Morgan fingerprint density at radius 2 is 2.05 bits per heavy atom. The van der Waals surface area contributed by atoms with Crippen molar-refractivity contribution in [2.45, 2.75) is 45.1 Å². The van der Waals surface area contributed by atoms with Crippen molar-refractivity contribution < 1.29 is 9.18 Å². The molecule has 1 amide bonds. The number of likely N-dealkylation sites (tertiary alicyclic amines) is 1. The van der Waals surface area contributed by atoms with Crippen molar-refractivity contribution in [3.8, 4) is 0 Å². The number of halogens is 2. The van der Waals surface area contributed by atoms with Gasteiger partial charge in [-0.2, -0.15) is 0 Å². The summed E-state index contributed by atoms with van der Waals surface area (Å²) in [7, 11) is 0. The molecule has 1 heterocycles. The van der Waals surface area contributed by atoms with Gasteiger partial charge in [-0.25, -0.2) is 4.39 Å². The second kappa shape index (κ2) is 7.93. The number of hydrogen-bond acceptors (Lipinski definition) is 2. The lowest BCUT2D eigenvalue weighted by atomic mass is 9.95. The molecule has 0 radical (unpaired) electrons. The molecule has 1 saturated heterocycles. The number of hydrogen-bond donors (Lipinski definition) is 1. The Hall–Kier alpha value is -1.13. The average molecular weight is 329 g/mol. The van der Waals surface area contributed by atoms with E-state index in [9.17, 15) is 9.18 Å². The van der Waals surface area contributed by atoms with Gasteiger partial charge < -0.3 is 10.6 Å². The molecule has 0 spiro atoms. The van der Waals surface area contributed by atoms with Crippen LogP contribution in [0.4, 0.5) is 4.39 Å². The van der Waals surface area contributed by atoms with Crippen LogP contribution < -0.4 is 5.73 Å². The van der Waals surface area contributed by atoms with E-state index in [1.165, 1.54) is 12.1 Å². The van der Waals surface area contributed by atoms with Crippen molar-refractivity contribution >= 4 is 18.3 Å². The molecule has 3 nitrogen and oxygen atoms in total. The summed E-state index contributed by atoms with van der Waals surface area (Å²) in [6.07, 6.45) is 3.50. The van der Waals surface area contributed by atoms with Gasteiger partial charge in [0.1, 0.15) is 5.82 Å². The standard InChI is InChI=1S/C17H25FN2O.ClH/c1-3-9-17(2,19)16(21)20-10-8-14(12-20)11-13-4-6-15(18)7-5-13;/h4-7,14H,3,8-12,19H2,1-2H3;1H. The van der Waals surface area contributed by atoms with Gasteiger partial charge in [0.05, 0.1) is 5.54 Å². The van der Waals surface area contributed by atoms with Crippen LogP contribution >= 0.6 is 12.4 Å². The molecular formula is C17H26ClFN2O. The van der Waals surface area contributed by atoms with Gasteiger partial charge in [-0.15, -0.1) is 12.4 Å². The second-order valence-electron chi connectivity index (χ2n) is 6.40. The van der Waals surface area contributed by atoms with Crippen LogP contribution in [0.5, 0.6) is 0 Å². The molecule has 2 unspecified atom stereocenters. The summed E-state index contributed by atoms with van der Waals surface area (Å²) in [5.74, 6) is 0.295. The van der Waals surface area contributed by atoms with Crippen LogP contribution in [0.25, 0.3) is 0 Å². The number of carbonyl (C=O) groups excluding carboxylic acids is 1. The molecule has 1 fully saturated rings. The topological polar surface area (TPSA) is 46.3 Å². The fraction of sp³-hybridized carbons (Fsp3) is 0.588. The third kappa shape index (κ3) is 4.68. The Balaban J connectivity index is 0.00000242. The van der Waals surface area contributed by atoms with E-state index in [1.807, 2.05) is 30.9 Å². The van der Waals surface area contributed by atoms with Gasteiger partial charge in [0.15, 0.2) is 0 Å². The van der Waals surface area contributed by atoms with Crippen LogP contribution in [0.2, 0.25) is 0 Å². The van der Waals surface area contributed by atoms with Crippen LogP contribution in [-0.2, 0) is 11.2 Å². The first-order chi connectivity index (χ1) is 9.92. The lowest BCUT2D eigenvalue weighted by Gasteiger charge is -2.29. The number of nitrogens with two attached hydrogens (primary N) is 1. The summed E-state index contributed by atoms with van der Waals surface area (Å²) in [5, 5.41) is 0.